The van der Waals surface area contributed by atoms with E-state index in [4.69, 9.17) is 22.1 Å². The van der Waals surface area contributed by atoms with Gasteiger partial charge in [0.15, 0.2) is 0 Å². The number of fused-ring (bicyclic) bond motifs is 5. The van der Waals surface area contributed by atoms with Crippen LogP contribution in [0.3, 0.4) is 0 Å². The third-order valence-corrected chi connectivity index (χ3v) is 17.7. The third-order valence-electron chi connectivity index (χ3n) is 17.7. The first-order valence-electron chi connectivity index (χ1n) is 37.0. The minimum atomic E-state index is -0.0518. The smallest absolute Gasteiger partial charge is 0.253 e. The summed E-state index contributed by atoms with van der Waals surface area (Å²) in [5, 5.41) is 23.6. The van der Waals surface area contributed by atoms with Crippen molar-refractivity contribution in [2.75, 3.05) is 32.7 Å². The lowest BCUT2D eigenvalue weighted by Gasteiger charge is -2.29. The molecule has 0 aliphatic rings. The summed E-state index contributed by atoms with van der Waals surface area (Å²) in [4.78, 5) is 47.3. The number of aryl methyl sites for hydroxylation is 4. The Morgan fingerprint density at radius 2 is 0.953 bits per heavy atom. The number of pyridine rings is 2. The van der Waals surface area contributed by atoms with Crippen LogP contribution in [0.5, 0.6) is 0 Å². The van der Waals surface area contributed by atoms with Gasteiger partial charge >= 0.3 is 0 Å². The Balaban J connectivity index is 0.000000148. The molecule has 4 N–H and O–H groups in total. The van der Waals surface area contributed by atoms with Gasteiger partial charge < -0.3 is 53.2 Å². The molecule has 14 rings (SSSR count). The normalized spacial score (nSPS) is 11.3. The molecule has 0 saturated carbocycles. The van der Waals surface area contributed by atoms with Crippen LogP contribution in [0.25, 0.3) is 54.8 Å². The summed E-state index contributed by atoms with van der Waals surface area (Å²) >= 11 is 0. The summed E-state index contributed by atoms with van der Waals surface area (Å²) in [6.07, 6.45) is 21.5. The highest BCUT2D eigenvalue weighted by molar-refractivity contribution is 5.98. The quantitative estimate of drug-likeness (QED) is 0.0376. The molecule has 0 aliphatic heterocycles. The first-order chi connectivity index (χ1) is 51.7. The number of rotatable bonds is 27. The maximum atomic E-state index is 13.5. The molecule has 9 heterocycles. The summed E-state index contributed by atoms with van der Waals surface area (Å²) in [7, 11) is 1.96. The number of nitrogens with zero attached hydrogens (tertiary/aromatic N) is 8. The predicted molar refractivity (Wildman–Crippen MR) is 427 cm³/mol. The Kier molecular flexibility index (Phi) is 29.1. The van der Waals surface area contributed by atoms with Crippen molar-refractivity contribution in [2.24, 2.45) is 24.3 Å². The molecule has 19 heteroatoms. The van der Waals surface area contributed by atoms with Crippen molar-refractivity contribution in [3.63, 3.8) is 0 Å². The number of hydrogen-bond donors (Lipinski definition) is 4. The topological polar surface area (TPSA) is 224 Å². The highest BCUT2D eigenvalue weighted by Crippen LogP contribution is 2.24. The zero-order valence-corrected chi connectivity index (χ0v) is 63.9. The molecule has 0 radical (unpaired) electrons. The molecule has 107 heavy (non-hydrogen) atoms. The van der Waals surface area contributed by atoms with E-state index in [0.717, 1.165) is 144 Å². The summed E-state index contributed by atoms with van der Waals surface area (Å²) in [6.45, 7) is 30.4. The predicted octanol–water partition coefficient (Wildman–Crippen LogP) is 18.0. The zero-order chi connectivity index (χ0) is 75.5. The lowest BCUT2D eigenvalue weighted by atomic mass is 9.91. The maximum absolute atomic E-state index is 13.5. The lowest BCUT2D eigenvalue weighted by Crippen LogP contribution is -2.39. The van der Waals surface area contributed by atoms with Crippen molar-refractivity contribution in [1.82, 2.24) is 60.8 Å². The molecule has 0 spiro atoms. The zero-order valence-electron chi connectivity index (χ0n) is 63.9. The van der Waals surface area contributed by atoms with E-state index >= 15 is 0 Å². The van der Waals surface area contributed by atoms with Crippen LogP contribution in [-0.4, -0.2) is 84.1 Å². The van der Waals surface area contributed by atoms with Gasteiger partial charge in [0.2, 0.25) is 5.91 Å². The van der Waals surface area contributed by atoms with E-state index in [0.29, 0.717) is 43.5 Å². The number of furan rings is 5. The van der Waals surface area contributed by atoms with E-state index in [9.17, 15) is 9.59 Å². The van der Waals surface area contributed by atoms with Crippen LogP contribution in [-0.2, 0) is 64.1 Å². The van der Waals surface area contributed by atoms with Crippen molar-refractivity contribution < 1.29 is 31.7 Å². The Labute approximate surface area is 628 Å². The molecule has 0 atom stereocenters. The van der Waals surface area contributed by atoms with Gasteiger partial charge in [-0.05, 0) is 206 Å². The Morgan fingerprint density at radius 1 is 0.467 bits per heavy atom. The number of hydrogen-bond acceptors (Lipinski definition) is 16. The second kappa shape index (κ2) is 39.5. The van der Waals surface area contributed by atoms with Gasteiger partial charge in [0.05, 0.1) is 48.4 Å². The molecule has 2 amide bonds. The molecule has 19 nitrogen and oxygen atoms in total. The van der Waals surface area contributed by atoms with Gasteiger partial charge in [-0.1, -0.05) is 84.9 Å². The summed E-state index contributed by atoms with van der Waals surface area (Å²) in [5.41, 5.74) is 17.8. The van der Waals surface area contributed by atoms with Gasteiger partial charge in [-0.2, -0.15) is 5.10 Å². The van der Waals surface area contributed by atoms with Crippen molar-refractivity contribution in [3.05, 3.63) is 281 Å². The number of benzene rings is 5. The van der Waals surface area contributed by atoms with Crippen LogP contribution < -0.4 is 21.3 Å². The molecule has 5 aromatic carbocycles. The Hall–Kier alpha value is -10.8. The number of carbonyl (C=O) groups is 2. The van der Waals surface area contributed by atoms with E-state index in [-0.39, 0.29) is 17.2 Å². The van der Waals surface area contributed by atoms with Crippen molar-refractivity contribution >= 4 is 66.7 Å². The van der Waals surface area contributed by atoms with Crippen molar-refractivity contribution in [1.29, 1.82) is 0 Å². The van der Waals surface area contributed by atoms with Crippen LogP contribution in [0.1, 0.15) is 133 Å². The van der Waals surface area contributed by atoms with E-state index in [1.807, 2.05) is 138 Å². The molecule has 558 valence electrons. The molecular weight excluding hydrogens is 1340 g/mol. The number of carbonyl (C=O) groups excluding carboxylic acids is 2. The largest absolute Gasteiger partial charge is 0.464 e. The highest BCUT2D eigenvalue weighted by Gasteiger charge is 2.23. The molecule has 0 aliphatic carbocycles. The van der Waals surface area contributed by atoms with Gasteiger partial charge in [-0.15, -0.1) is 0 Å². The minimum absolute atomic E-state index is 0.00609. The molecule has 14 aromatic rings. The number of aromatic nitrogens is 6. The number of amides is 2. The van der Waals surface area contributed by atoms with E-state index in [1.165, 1.54) is 44.5 Å². The first kappa shape index (κ1) is 78.8. The fraction of sp³-hybridized carbons (Fsp3) is 0.330. The van der Waals surface area contributed by atoms with Crippen LogP contribution in [0.2, 0.25) is 0 Å². The highest BCUT2D eigenvalue weighted by atomic mass is 16.3. The second-order valence-electron chi connectivity index (χ2n) is 29.3. The molecule has 9 aromatic heterocycles. The van der Waals surface area contributed by atoms with Crippen LogP contribution >= 0.6 is 0 Å². The van der Waals surface area contributed by atoms with Crippen LogP contribution in [0.4, 0.5) is 0 Å². The minimum Gasteiger partial charge on any atom is -0.464 e. The van der Waals surface area contributed by atoms with Gasteiger partial charge in [0, 0.05) is 161 Å². The van der Waals surface area contributed by atoms with Gasteiger partial charge in [0.1, 0.15) is 27.9 Å². The second-order valence-corrected chi connectivity index (χ2v) is 29.3. The summed E-state index contributed by atoms with van der Waals surface area (Å²) in [6, 6.07) is 48.6. The van der Waals surface area contributed by atoms with Gasteiger partial charge in [-0.25, -0.2) is 0 Å². The molecule has 0 unspecified atom stereocenters. The first-order valence-corrected chi connectivity index (χ1v) is 37.0. The van der Waals surface area contributed by atoms with Crippen molar-refractivity contribution in [2.45, 2.75) is 134 Å². The average molecular weight is 1440 g/mol. The average Bonchev–Trinajstić information content (AvgIpc) is 1.79. The van der Waals surface area contributed by atoms with E-state index in [1.54, 1.807) is 43.7 Å². The molecule has 0 bridgehead atoms. The van der Waals surface area contributed by atoms with Crippen molar-refractivity contribution in [3.8, 4) is 0 Å². The Bertz CT molecular complexity index is 5000. The third kappa shape index (κ3) is 25.4. The van der Waals surface area contributed by atoms with Gasteiger partial charge in [0.25, 0.3) is 5.91 Å². The summed E-state index contributed by atoms with van der Waals surface area (Å²) in [5.74, 6) is 1.27. The molecule has 0 saturated heterocycles. The van der Waals surface area contributed by atoms with E-state index in [2.05, 4.69) is 169 Å². The lowest BCUT2D eigenvalue weighted by molar-refractivity contribution is -0.133. The monoisotopic (exact) mass is 1440 g/mol. The Morgan fingerprint density at radius 3 is 1.42 bits per heavy atom. The van der Waals surface area contributed by atoms with Crippen LogP contribution in [0.15, 0.2) is 236 Å². The fourth-order valence-electron chi connectivity index (χ4n) is 12.2. The molecular formula is C88H104N12O7. The fourth-order valence-corrected chi connectivity index (χ4v) is 12.2. The molecule has 0 fully saturated rings. The van der Waals surface area contributed by atoms with Crippen LogP contribution in [0, 0.1) is 38.0 Å². The standard InChI is InChI=1S/C29H39N3O3.C16H16N2O.C15H17N3O.C15H15N3O.C13H17NO/c1-22(2)21-32(27(33)19-29(3,4)5)15-7-14-31(16-11-23-8-6-13-30-20-23)28(34)25-9-10-26-24(18-25)12-17-35-26;1-12-6-14(10-17-8-12)11-18-9-13-2-3-16-15(7-13)4-5-19-16;1-11-7-14(17-18(11)2)10-16-9-12-3-4-15-13(8-12)5-6-19-15;1-11-7-18-14(10-17-11)9-16-8-12-2-3-15-13(6-12)4-5-19-15;1-10(2)8-14-9-11-3-4-13-12(7-11)5-6-15-13/h6,8-10,12-13,17-18,20,22H,7,11,14-16,19,21H2,1-5H3;2-8,10,18H,9,11H2,1H3;3-8,16H,9-10H2,1-2H3;2-7,10,16H,8-9H2,1H3;3-7,10,14H,8-9H2,1-2H3. The summed E-state index contributed by atoms with van der Waals surface area (Å²) < 4.78 is 28.6. The SMILES string of the molecule is CC(C)CN(CCCN(CCc1cccnc1)C(=O)c1ccc2occc2c1)C(=O)CC(C)(C)C.CC(C)CNCc1ccc2occc2c1.Cc1cc(CNCc2ccc3occc3c2)nn1C.Cc1cnc(CNCc2ccc3occc3c2)cn1.Cc1cncc(CNCc2ccc3occc3c2)c1. The maximum Gasteiger partial charge on any atom is 0.253 e. The number of nitrogens with one attached hydrogen (secondary N) is 4. The van der Waals surface area contributed by atoms with Gasteiger partial charge in [-0.3, -0.25) is 34.2 Å². The van der Waals surface area contributed by atoms with E-state index < -0.39 is 0 Å².